The van der Waals surface area contributed by atoms with Crippen LogP contribution >= 0.6 is 0 Å². The van der Waals surface area contributed by atoms with E-state index in [0.717, 1.165) is 12.8 Å². The van der Waals surface area contributed by atoms with Crippen LogP contribution in [0.15, 0.2) is 0 Å². The Balaban J connectivity index is 2.53. The van der Waals surface area contributed by atoms with Crippen molar-refractivity contribution in [2.45, 2.75) is 38.8 Å². The predicted molar refractivity (Wildman–Crippen MR) is 41.6 cm³/mol. The van der Waals surface area contributed by atoms with Crippen molar-refractivity contribution in [3.63, 3.8) is 0 Å². The van der Waals surface area contributed by atoms with E-state index < -0.39 is 5.67 Å². The third kappa shape index (κ3) is 2.18. The molecule has 0 aromatic rings. The average Bonchev–Trinajstić information content (AvgIpc) is 2.61. The van der Waals surface area contributed by atoms with Gasteiger partial charge in [0.25, 0.3) is 0 Å². The fraction of sp³-hybridized carbons (Fsp3) is 0.889. The molecule has 1 atom stereocenters. The van der Waals surface area contributed by atoms with Crippen molar-refractivity contribution in [3.8, 4) is 6.07 Å². The first-order valence-electron chi connectivity index (χ1n) is 4.11. The van der Waals surface area contributed by atoms with Crippen molar-refractivity contribution in [1.29, 1.82) is 5.26 Å². The lowest BCUT2D eigenvalue weighted by Crippen LogP contribution is -2.27. The molecule has 0 aromatic carbocycles. The second-order valence-electron chi connectivity index (χ2n) is 3.87. The van der Waals surface area contributed by atoms with Crippen LogP contribution in [0, 0.1) is 23.2 Å². The van der Waals surface area contributed by atoms with E-state index in [2.05, 4.69) is 6.07 Å². The number of nitriles is 1. The first-order chi connectivity index (χ1) is 5.05. The smallest absolute Gasteiger partial charge is 0.109 e. The van der Waals surface area contributed by atoms with Crippen LogP contribution in [0.4, 0.5) is 4.39 Å². The van der Waals surface area contributed by atoms with Crippen molar-refractivity contribution in [2.24, 2.45) is 11.8 Å². The van der Waals surface area contributed by atoms with Crippen LogP contribution in [0.25, 0.3) is 0 Å². The van der Waals surface area contributed by atoms with E-state index in [4.69, 9.17) is 5.26 Å². The highest BCUT2D eigenvalue weighted by molar-refractivity contribution is 4.95. The summed E-state index contributed by atoms with van der Waals surface area (Å²) in [6, 6.07) is 2.06. The molecule has 1 nitrogen and oxygen atoms in total. The van der Waals surface area contributed by atoms with Gasteiger partial charge < -0.3 is 0 Å². The summed E-state index contributed by atoms with van der Waals surface area (Å²) in [5.74, 6) is 0.446. The van der Waals surface area contributed by atoms with Gasteiger partial charge in [0.15, 0.2) is 0 Å². The topological polar surface area (TPSA) is 23.8 Å². The average molecular weight is 155 g/mol. The molecule has 62 valence electrons. The van der Waals surface area contributed by atoms with E-state index >= 15 is 0 Å². The van der Waals surface area contributed by atoms with Crippen molar-refractivity contribution in [2.75, 3.05) is 0 Å². The Morgan fingerprint density at radius 1 is 1.64 bits per heavy atom. The van der Waals surface area contributed by atoms with Crippen LogP contribution in [0.2, 0.25) is 0 Å². The van der Waals surface area contributed by atoms with E-state index in [-0.39, 0.29) is 5.92 Å². The standard InChI is InChI=1S/C9H14FN/c1-9(2,10)8(5-6-11)7-3-4-7/h7-8H,3-5H2,1-2H3. The maximum Gasteiger partial charge on any atom is 0.109 e. The van der Waals surface area contributed by atoms with Gasteiger partial charge in [-0.2, -0.15) is 5.26 Å². The minimum Gasteiger partial charge on any atom is -0.244 e. The van der Waals surface area contributed by atoms with Gasteiger partial charge in [0.1, 0.15) is 5.67 Å². The quantitative estimate of drug-likeness (QED) is 0.614. The summed E-state index contributed by atoms with van der Waals surface area (Å²) in [6.07, 6.45) is 2.59. The zero-order valence-electron chi connectivity index (χ0n) is 7.10. The van der Waals surface area contributed by atoms with Gasteiger partial charge in [0.2, 0.25) is 0 Å². The lowest BCUT2D eigenvalue weighted by molar-refractivity contribution is 0.111. The SMILES string of the molecule is CC(C)(F)C(CC#N)C1CC1. The summed E-state index contributed by atoms with van der Waals surface area (Å²) in [4.78, 5) is 0. The molecular formula is C9H14FN. The van der Waals surface area contributed by atoms with Gasteiger partial charge in [-0.1, -0.05) is 0 Å². The normalized spacial score (nSPS) is 20.9. The van der Waals surface area contributed by atoms with E-state index in [1.807, 2.05) is 0 Å². The van der Waals surface area contributed by atoms with E-state index in [1.54, 1.807) is 13.8 Å². The molecule has 0 radical (unpaired) electrons. The third-order valence-electron chi connectivity index (χ3n) is 2.38. The Morgan fingerprint density at radius 2 is 2.18 bits per heavy atom. The minimum atomic E-state index is -1.17. The predicted octanol–water partition coefficient (Wildman–Crippen LogP) is 2.67. The molecule has 0 aromatic heterocycles. The Hall–Kier alpha value is -0.580. The molecule has 0 heterocycles. The maximum absolute atomic E-state index is 13.4. The van der Waals surface area contributed by atoms with Gasteiger partial charge in [-0.3, -0.25) is 0 Å². The molecule has 1 aliphatic rings. The summed E-state index contributed by atoms with van der Waals surface area (Å²) in [6.45, 7) is 3.15. The van der Waals surface area contributed by atoms with Crippen LogP contribution in [-0.2, 0) is 0 Å². The first-order valence-corrected chi connectivity index (χ1v) is 4.11. The first kappa shape index (κ1) is 8.52. The Labute approximate surface area is 67.2 Å². The van der Waals surface area contributed by atoms with Crippen LogP contribution in [-0.4, -0.2) is 5.67 Å². The largest absolute Gasteiger partial charge is 0.244 e. The number of alkyl halides is 1. The molecule has 2 heteroatoms. The van der Waals surface area contributed by atoms with Gasteiger partial charge in [0.05, 0.1) is 6.07 Å². The zero-order chi connectivity index (χ0) is 8.48. The lowest BCUT2D eigenvalue weighted by Gasteiger charge is -2.24. The van der Waals surface area contributed by atoms with Crippen LogP contribution in [0.5, 0.6) is 0 Å². The molecule has 1 unspecified atom stereocenters. The zero-order valence-corrected chi connectivity index (χ0v) is 7.10. The highest BCUT2D eigenvalue weighted by Gasteiger charge is 2.40. The summed E-state index contributed by atoms with van der Waals surface area (Å²) < 4.78 is 13.4. The van der Waals surface area contributed by atoms with Gasteiger partial charge >= 0.3 is 0 Å². The number of hydrogen-bond acceptors (Lipinski definition) is 1. The second-order valence-corrected chi connectivity index (χ2v) is 3.87. The number of rotatable bonds is 3. The number of hydrogen-bond donors (Lipinski definition) is 0. The van der Waals surface area contributed by atoms with Crippen molar-refractivity contribution in [1.82, 2.24) is 0 Å². The Kier molecular flexibility index (Phi) is 2.17. The number of halogens is 1. The second kappa shape index (κ2) is 2.81. The molecule has 0 bridgehead atoms. The maximum atomic E-state index is 13.4. The van der Waals surface area contributed by atoms with E-state index in [9.17, 15) is 4.39 Å². The van der Waals surface area contributed by atoms with Crippen molar-refractivity contribution >= 4 is 0 Å². The molecule has 11 heavy (non-hydrogen) atoms. The van der Waals surface area contributed by atoms with Crippen molar-refractivity contribution in [3.05, 3.63) is 0 Å². The monoisotopic (exact) mass is 155 g/mol. The molecule has 1 fully saturated rings. The summed E-state index contributed by atoms with van der Waals surface area (Å²) in [5.41, 5.74) is -1.17. The third-order valence-corrected chi connectivity index (χ3v) is 2.38. The van der Waals surface area contributed by atoms with Gasteiger partial charge in [0, 0.05) is 12.3 Å². The molecule has 0 saturated heterocycles. The highest BCUT2D eigenvalue weighted by atomic mass is 19.1. The van der Waals surface area contributed by atoms with E-state index in [1.165, 1.54) is 0 Å². The lowest BCUT2D eigenvalue weighted by atomic mass is 9.86. The molecule has 0 aliphatic heterocycles. The molecular weight excluding hydrogens is 141 g/mol. The molecule has 1 saturated carbocycles. The Bertz CT molecular complexity index is 171. The summed E-state index contributed by atoms with van der Waals surface area (Å²) in [5, 5.41) is 8.46. The van der Waals surface area contributed by atoms with Gasteiger partial charge in [-0.05, 0) is 32.6 Å². The van der Waals surface area contributed by atoms with Crippen molar-refractivity contribution < 1.29 is 4.39 Å². The number of nitrogens with zero attached hydrogens (tertiary/aromatic N) is 1. The fourth-order valence-electron chi connectivity index (χ4n) is 1.57. The van der Waals surface area contributed by atoms with Crippen LogP contribution in [0.1, 0.15) is 33.1 Å². The molecule has 0 spiro atoms. The minimum absolute atomic E-state index is 0.0347. The van der Waals surface area contributed by atoms with Gasteiger partial charge in [-0.25, -0.2) is 4.39 Å². The van der Waals surface area contributed by atoms with Crippen LogP contribution < -0.4 is 0 Å². The fourth-order valence-corrected chi connectivity index (χ4v) is 1.57. The molecule has 0 amide bonds. The molecule has 0 N–H and O–H groups in total. The summed E-state index contributed by atoms with van der Waals surface area (Å²) >= 11 is 0. The Morgan fingerprint density at radius 3 is 2.45 bits per heavy atom. The summed E-state index contributed by atoms with van der Waals surface area (Å²) in [7, 11) is 0. The van der Waals surface area contributed by atoms with Crippen LogP contribution in [0.3, 0.4) is 0 Å². The molecule has 1 aliphatic carbocycles. The van der Waals surface area contributed by atoms with E-state index in [0.29, 0.717) is 12.3 Å². The van der Waals surface area contributed by atoms with Gasteiger partial charge in [-0.15, -0.1) is 0 Å². The molecule has 1 rings (SSSR count). The highest BCUT2D eigenvalue weighted by Crippen LogP contribution is 2.44.